The molecule has 0 aliphatic heterocycles. The van der Waals surface area contributed by atoms with E-state index in [9.17, 15) is 4.79 Å². The van der Waals surface area contributed by atoms with Gasteiger partial charge in [0.2, 0.25) is 0 Å². The van der Waals surface area contributed by atoms with Crippen LogP contribution in [-0.4, -0.2) is 22.0 Å². The van der Waals surface area contributed by atoms with E-state index in [0.29, 0.717) is 6.04 Å². The first-order chi connectivity index (χ1) is 11.6. The van der Waals surface area contributed by atoms with Crippen molar-refractivity contribution in [1.29, 1.82) is 0 Å². The van der Waals surface area contributed by atoms with E-state index in [1.54, 1.807) is 18.7 Å². The van der Waals surface area contributed by atoms with Crippen LogP contribution in [0.3, 0.4) is 0 Å². The Morgan fingerprint density at radius 3 is 2.50 bits per heavy atom. The van der Waals surface area contributed by atoms with Crippen molar-refractivity contribution in [2.45, 2.75) is 51.7 Å². The van der Waals surface area contributed by atoms with E-state index < -0.39 is 0 Å². The predicted octanol–water partition coefficient (Wildman–Crippen LogP) is 4.31. The Balaban J connectivity index is 1.77. The van der Waals surface area contributed by atoms with Gasteiger partial charge in [-0.2, -0.15) is 0 Å². The maximum absolute atomic E-state index is 13.0. The lowest BCUT2D eigenvalue weighted by Crippen LogP contribution is -2.45. The van der Waals surface area contributed by atoms with E-state index in [2.05, 4.69) is 24.1 Å². The summed E-state index contributed by atoms with van der Waals surface area (Å²) >= 11 is 0. The topological polar surface area (TPSA) is 58.4 Å². The highest BCUT2D eigenvalue weighted by molar-refractivity contribution is 5.76. The van der Waals surface area contributed by atoms with Crippen molar-refractivity contribution in [3.8, 4) is 0 Å². The molecule has 0 bridgehead atoms. The molecule has 3 rings (SSSR count). The average Bonchev–Trinajstić information content (AvgIpc) is 3.25. The van der Waals surface area contributed by atoms with Crippen molar-refractivity contribution in [2.24, 2.45) is 5.92 Å². The molecule has 0 radical (unpaired) electrons. The molecule has 1 aliphatic carbocycles. The zero-order valence-electron chi connectivity index (χ0n) is 14.5. The largest absolute Gasteiger partial charge is 0.467 e. The summed E-state index contributed by atoms with van der Waals surface area (Å²) in [6.07, 6.45) is 7.30. The van der Waals surface area contributed by atoms with E-state index in [1.807, 2.05) is 36.1 Å². The van der Waals surface area contributed by atoms with Gasteiger partial charge in [0.15, 0.2) is 0 Å². The minimum absolute atomic E-state index is 0.0306. The Kier molecular flexibility index (Phi) is 4.88. The first-order valence-electron chi connectivity index (χ1n) is 8.60. The zero-order valence-corrected chi connectivity index (χ0v) is 14.5. The van der Waals surface area contributed by atoms with Crippen LogP contribution in [0.25, 0.3) is 0 Å². The number of amides is 2. The van der Waals surface area contributed by atoms with Gasteiger partial charge in [-0.3, -0.25) is 4.98 Å². The maximum atomic E-state index is 13.0. The van der Waals surface area contributed by atoms with Gasteiger partial charge in [0, 0.05) is 18.4 Å². The second-order valence-corrected chi connectivity index (χ2v) is 6.78. The van der Waals surface area contributed by atoms with Gasteiger partial charge < -0.3 is 14.6 Å². The molecule has 24 heavy (non-hydrogen) atoms. The normalized spacial score (nSPS) is 16.7. The molecule has 0 saturated heterocycles. The quantitative estimate of drug-likeness (QED) is 0.860. The molecular formula is C19H25N3O2. The molecule has 0 spiro atoms. The van der Waals surface area contributed by atoms with Gasteiger partial charge in [0.25, 0.3) is 0 Å². The minimum atomic E-state index is -0.0715. The molecule has 2 aromatic rings. The minimum Gasteiger partial charge on any atom is -0.467 e. The number of nitrogens with zero attached hydrogens (tertiary/aromatic N) is 2. The lowest BCUT2D eigenvalue weighted by atomic mass is 9.97. The van der Waals surface area contributed by atoms with Crippen LogP contribution in [0.15, 0.2) is 47.3 Å². The van der Waals surface area contributed by atoms with Gasteiger partial charge in [-0.25, -0.2) is 4.79 Å². The summed E-state index contributed by atoms with van der Waals surface area (Å²) < 4.78 is 5.51. The summed E-state index contributed by atoms with van der Waals surface area (Å²) in [6, 6.07) is 7.87. The zero-order chi connectivity index (χ0) is 17.1. The molecule has 0 aromatic carbocycles. The van der Waals surface area contributed by atoms with Crippen LogP contribution in [0.2, 0.25) is 0 Å². The Labute approximate surface area is 143 Å². The second kappa shape index (κ2) is 7.07. The van der Waals surface area contributed by atoms with Gasteiger partial charge in [0.1, 0.15) is 5.76 Å². The third-order valence-electron chi connectivity index (χ3n) is 4.56. The molecule has 1 saturated carbocycles. The molecular weight excluding hydrogens is 302 g/mol. The number of hydrogen-bond acceptors (Lipinski definition) is 3. The summed E-state index contributed by atoms with van der Waals surface area (Å²) in [6.45, 7) is 6.25. The molecule has 1 aliphatic rings. The molecule has 2 atom stereocenters. The standard InChI is InChI=1S/C19H25N3O2/c1-13(2)18(15-8-10-20-11-9-15)21-19(23)22(16-6-7-16)14(3)17-5-4-12-24-17/h4-5,8-14,16,18H,6-7H2,1-3H3,(H,21,23)/t14-,18+/m0/s1. The monoisotopic (exact) mass is 327 g/mol. The summed E-state index contributed by atoms with van der Waals surface area (Å²) in [5.74, 6) is 1.11. The van der Waals surface area contributed by atoms with Crippen LogP contribution < -0.4 is 5.32 Å². The van der Waals surface area contributed by atoms with Gasteiger partial charge in [0.05, 0.1) is 18.3 Å². The number of pyridine rings is 1. The predicted molar refractivity (Wildman–Crippen MR) is 92.3 cm³/mol. The van der Waals surface area contributed by atoms with Crippen molar-refractivity contribution < 1.29 is 9.21 Å². The van der Waals surface area contributed by atoms with E-state index in [0.717, 1.165) is 24.2 Å². The maximum Gasteiger partial charge on any atom is 0.318 e. The van der Waals surface area contributed by atoms with Gasteiger partial charge in [-0.1, -0.05) is 13.8 Å². The Hall–Kier alpha value is -2.30. The molecule has 1 N–H and O–H groups in total. The van der Waals surface area contributed by atoms with Crippen LogP contribution >= 0.6 is 0 Å². The Morgan fingerprint density at radius 1 is 1.25 bits per heavy atom. The van der Waals surface area contributed by atoms with Crippen molar-refractivity contribution in [1.82, 2.24) is 15.2 Å². The van der Waals surface area contributed by atoms with Crippen LogP contribution in [-0.2, 0) is 0 Å². The lowest BCUT2D eigenvalue weighted by molar-refractivity contribution is 0.160. The Morgan fingerprint density at radius 2 is 1.96 bits per heavy atom. The lowest BCUT2D eigenvalue weighted by Gasteiger charge is -2.32. The number of urea groups is 1. The SMILES string of the molecule is CC(C)[C@@H](NC(=O)N(C1CC1)[C@@H](C)c1ccco1)c1ccncc1. The van der Waals surface area contributed by atoms with Crippen molar-refractivity contribution in [3.63, 3.8) is 0 Å². The first-order valence-corrected chi connectivity index (χ1v) is 8.60. The number of carbonyl (C=O) groups excluding carboxylic acids is 1. The molecule has 2 aromatic heterocycles. The van der Waals surface area contributed by atoms with Gasteiger partial charge >= 0.3 is 6.03 Å². The average molecular weight is 327 g/mol. The summed E-state index contributed by atoms with van der Waals surface area (Å²) in [4.78, 5) is 19.0. The number of carbonyl (C=O) groups is 1. The summed E-state index contributed by atoms with van der Waals surface area (Å²) in [7, 11) is 0. The third-order valence-corrected chi connectivity index (χ3v) is 4.56. The van der Waals surface area contributed by atoms with Crippen molar-refractivity contribution in [2.75, 3.05) is 0 Å². The van der Waals surface area contributed by atoms with Crippen LogP contribution in [0, 0.1) is 5.92 Å². The summed E-state index contributed by atoms with van der Waals surface area (Å²) in [5, 5.41) is 3.21. The number of nitrogens with one attached hydrogen (secondary N) is 1. The molecule has 5 heteroatoms. The molecule has 2 amide bonds. The highest BCUT2D eigenvalue weighted by Gasteiger charge is 2.38. The van der Waals surface area contributed by atoms with Crippen LogP contribution in [0.4, 0.5) is 4.79 Å². The fraction of sp³-hybridized carbons (Fsp3) is 0.474. The highest BCUT2D eigenvalue weighted by atomic mass is 16.3. The second-order valence-electron chi connectivity index (χ2n) is 6.78. The van der Waals surface area contributed by atoms with Gasteiger partial charge in [-0.15, -0.1) is 0 Å². The van der Waals surface area contributed by atoms with Crippen LogP contribution in [0.1, 0.15) is 57.0 Å². The van der Waals surface area contributed by atoms with Crippen molar-refractivity contribution in [3.05, 3.63) is 54.2 Å². The van der Waals surface area contributed by atoms with Crippen LogP contribution in [0.5, 0.6) is 0 Å². The van der Waals surface area contributed by atoms with E-state index in [1.165, 1.54) is 0 Å². The number of furan rings is 1. The smallest absolute Gasteiger partial charge is 0.318 e. The van der Waals surface area contributed by atoms with E-state index in [-0.39, 0.29) is 24.0 Å². The third kappa shape index (κ3) is 3.61. The molecule has 1 fully saturated rings. The molecule has 2 heterocycles. The van der Waals surface area contributed by atoms with E-state index >= 15 is 0 Å². The van der Waals surface area contributed by atoms with Crippen molar-refractivity contribution >= 4 is 6.03 Å². The first kappa shape index (κ1) is 16.6. The number of aromatic nitrogens is 1. The number of hydrogen-bond donors (Lipinski definition) is 1. The molecule has 128 valence electrons. The number of rotatable bonds is 6. The van der Waals surface area contributed by atoms with Gasteiger partial charge in [-0.05, 0) is 55.5 Å². The highest BCUT2D eigenvalue weighted by Crippen LogP contribution is 2.35. The fourth-order valence-electron chi connectivity index (χ4n) is 3.09. The molecule has 0 unspecified atom stereocenters. The molecule has 5 nitrogen and oxygen atoms in total. The van der Waals surface area contributed by atoms with E-state index in [4.69, 9.17) is 4.42 Å². The summed E-state index contributed by atoms with van der Waals surface area (Å²) in [5.41, 5.74) is 1.08. The Bertz CT molecular complexity index is 651. The fourth-order valence-corrected chi connectivity index (χ4v) is 3.09.